The molecule has 0 fully saturated rings. The molecule has 0 bridgehead atoms. The van der Waals surface area contributed by atoms with Crippen molar-refractivity contribution < 1.29 is 9.59 Å². The summed E-state index contributed by atoms with van der Waals surface area (Å²) in [4.78, 5) is 22.7. The number of ketones is 1. The number of hydrogen-bond donors (Lipinski definition) is 1. The quantitative estimate of drug-likeness (QED) is 0.621. The number of hydrogen-bond acceptors (Lipinski definition) is 2. The average molecular weight is 217 g/mol. The summed E-state index contributed by atoms with van der Waals surface area (Å²) in [6.07, 6.45) is 2.08. The molecule has 0 saturated heterocycles. The minimum atomic E-state index is -0.174. The van der Waals surface area contributed by atoms with E-state index in [9.17, 15) is 9.59 Å². The Hall–Kier alpha value is -1.90. The summed E-state index contributed by atoms with van der Waals surface area (Å²) in [6, 6.07) is 9.02. The van der Waals surface area contributed by atoms with Crippen molar-refractivity contribution in [1.82, 2.24) is 5.32 Å². The van der Waals surface area contributed by atoms with E-state index >= 15 is 0 Å². The highest BCUT2D eigenvalue weighted by Gasteiger charge is 2.09. The van der Waals surface area contributed by atoms with Crippen LogP contribution in [0.5, 0.6) is 0 Å². The molecule has 84 valence electrons. The van der Waals surface area contributed by atoms with Crippen molar-refractivity contribution in [2.75, 3.05) is 0 Å². The lowest BCUT2D eigenvalue weighted by Crippen LogP contribution is -2.15. The van der Waals surface area contributed by atoms with Crippen LogP contribution >= 0.6 is 0 Å². The van der Waals surface area contributed by atoms with Crippen molar-refractivity contribution in [3.63, 3.8) is 0 Å². The molecule has 1 aromatic carbocycles. The molecule has 3 heteroatoms. The molecule has 0 atom stereocenters. The van der Waals surface area contributed by atoms with Crippen LogP contribution in [-0.4, -0.2) is 11.7 Å². The maximum absolute atomic E-state index is 12.0. The lowest BCUT2D eigenvalue weighted by Gasteiger charge is -2.04. The number of benzene rings is 1. The Morgan fingerprint density at radius 1 is 1.25 bits per heavy atom. The molecule has 1 aromatic rings. The predicted molar refractivity (Wildman–Crippen MR) is 63.0 cm³/mol. The Balaban J connectivity index is 2.86. The van der Waals surface area contributed by atoms with Gasteiger partial charge in [-0.3, -0.25) is 9.59 Å². The summed E-state index contributed by atoms with van der Waals surface area (Å²) in [5, 5.41) is 2.53. The van der Waals surface area contributed by atoms with E-state index < -0.39 is 0 Å². The van der Waals surface area contributed by atoms with Crippen molar-refractivity contribution in [3.8, 4) is 0 Å². The number of rotatable bonds is 4. The zero-order valence-electron chi connectivity index (χ0n) is 9.49. The Labute approximate surface area is 95.2 Å². The van der Waals surface area contributed by atoms with E-state index in [2.05, 4.69) is 5.32 Å². The molecule has 0 aliphatic rings. The second-order valence-corrected chi connectivity index (χ2v) is 3.42. The lowest BCUT2D eigenvalue weighted by molar-refractivity contribution is -0.118. The van der Waals surface area contributed by atoms with E-state index in [1.54, 1.807) is 12.1 Å². The van der Waals surface area contributed by atoms with Crippen molar-refractivity contribution in [1.29, 1.82) is 0 Å². The van der Waals surface area contributed by atoms with Gasteiger partial charge in [-0.2, -0.15) is 0 Å². The SMILES string of the molecule is CC/C(=C/NC(C)=O)C(=O)c1ccccc1. The molecule has 1 amide bonds. The third-order valence-electron chi connectivity index (χ3n) is 2.16. The lowest BCUT2D eigenvalue weighted by atomic mass is 10.0. The van der Waals surface area contributed by atoms with Crippen LogP contribution in [0.1, 0.15) is 30.6 Å². The summed E-state index contributed by atoms with van der Waals surface area (Å²) in [6.45, 7) is 3.30. The fourth-order valence-corrected chi connectivity index (χ4v) is 1.29. The smallest absolute Gasteiger partial charge is 0.220 e. The van der Waals surface area contributed by atoms with Gasteiger partial charge in [-0.25, -0.2) is 0 Å². The summed E-state index contributed by atoms with van der Waals surface area (Å²) < 4.78 is 0. The third kappa shape index (κ3) is 3.35. The number of amides is 1. The molecule has 0 aliphatic heterocycles. The van der Waals surface area contributed by atoms with Gasteiger partial charge in [0.2, 0.25) is 5.91 Å². The zero-order chi connectivity index (χ0) is 12.0. The van der Waals surface area contributed by atoms with E-state index in [-0.39, 0.29) is 11.7 Å². The molecular formula is C13H15NO2. The second-order valence-electron chi connectivity index (χ2n) is 3.42. The van der Waals surface area contributed by atoms with Crippen LogP contribution in [0.15, 0.2) is 42.1 Å². The monoisotopic (exact) mass is 217 g/mol. The first-order valence-corrected chi connectivity index (χ1v) is 5.21. The molecule has 0 saturated carbocycles. The van der Waals surface area contributed by atoms with E-state index in [0.717, 1.165) is 0 Å². The fourth-order valence-electron chi connectivity index (χ4n) is 1.29. The Kier molecular flexibility index (Phi) is 4.45. The van der Waals surface area contributed by atoms with E-state index in [1.807, 2.05) is 25.1 Å². The van der Waals surface area contributed by atoms with Gasteiger partial charge in [-0.15, -0.1) is 0 Å². The standard InChI is InChI=1S/C13H15NO2/c1-3-11(9-14-10(2)15)13(16)12-7-5-4-6-8-12/h4-9H,3H2,1-2H3,(H,14,15)/b11-9-. The number of carbonyl (C=O) groups is 2. The Bertz CT molecular complexity index is 407. The highest BCUT2D eigenvalue weighted by atomic mass is 16.1. The maximum Gasteiger partial charge on any atom is 0.220 e. The summed E-state index contributed by atoms with van der Waals surface area (Å²) >= 11 is 0. The number of carbonyl (C=O) groups excluding carboxylic acids is 2. The van der Waals surface area contributed by atoms with Crippen LogP contribution < -0.4 is 5.32 Å². The predicted octanol–water partition coefficient (Wildman–Crippen LogP) is 2.30. The minimum Gasteiger partial charge on any atom is -0.333 e. The molecule has 3 nitrogen and oxygen atoms in total. The number of Topliss-reactive ketones (excluding diaryl/α,β-unsaturated/α-hetero) is 1. The summed E-state index contributed by atoms with van der Waals surface area (Å²) in [5.41, 5.74) is 1.24. The van der Waals surface area contributed by atoms with E-state index in [1.165, 1.54) is 13.1 Å². The van der Waals surface area contributed by atoms with Gasteiger partial charge in [0.05, 0.1) is 0 Å². The van der Waals surface area contributed by atoms with Gasteiger partial charge in [0.1, 0.15) is 0 Å². The first kappa shape index (κ1) is 12.2. The first-order valence-electron chi connectivity index (χ1n) is 5.21. The summed E-state index contributed by atoms with van der Waals surface area (Å²) in [7, 11) is 0. The number of nitrogens with one attached hydrogen (secondary N) is 1. The minimum absolute atomic E-state index is 0.0446. The normalized spacial score (nSPS) is 11.0. The van der Waals surface area contributed by atoms with Gasteiger partial charge in [-0.05, 0) is 6.42 Å². The molecular weight excluding hydrogens is 202 g/mol. The molecule has 0 heterocycles. The van der Waals surface area contributed by atoms with Crippen molar-refractivity contribution in [3.05, 3.63) is 47.7 Å². The molecule has 0 radical (unpaired) electrons. The molecule has 0 aromatic heterocycles. The first-order chi connectivity index (χ1) is 7.65. The van der Waals surface area contributed by atoms with Crippen molar-refractivity contribution in [2.24, 2.45) is 0 Å². The highest BCUT2D eigenvalue weighted by Crippen LogP contribution is 2.10. The Morgan fingerprint density at radius 2 is 1.88 bits per heavy atom. The molecule has 16 heavy (non-hydrogen) atoms. The van der Waals surface area contributed by atoms with Crippen LogP contribution in [0.3, 0.4) is 0 Å². The maximum atomic E-state index is 12.0. The van der Waals surface area contributed by atoms with E-state index in [4.69, 9.17) is 0 Å². The summed E-state index contributed by atoms with van der Waals surface area (Å²) in [5.74, 6) is -0.219. The van der Waals surface area contributed by atoms with Gasteiger partial charge in [-0.1, -0.05) is 37.3 Å². The highest BCUT2D eigenvalue weighted by molar-refractivity contribution is 6.08. The topological polar surface area (TPSA) is 46.2 Å². The average Bonchev–Trinajstić information content (AvgIpc) is 2.30. The second kappa shape index (κ2) is 5.85. The van der Waals surface area contributed by atoms with Crippen LogP contribution in [-0.2, 0) is 4.79 Å². The van der Waals surface area contributed by atoms with Gasteiger partial charge in [0.25, 0.3) is 0 Å². The van der Waals surface area contributed by atoms with Crippen molar-refractivity contribution >= 4 is 11.7 Å². The van der Waals surface area contributed by atoms with Crippen LogP contribution in [0.4, 0.5) is 0 Å². The molecule has 0 unspecified atom stereocenters. The molecule has 1 N–H and O–H groups in total. The zero-order valence-corrected chi connectivity index (χ0v) is 9.49. The van der Waals surface area contributed by atoms with Crippen LogP contribution in [0.2, 0.25) is 0 Å². The van der Waals surface area contributed by atoms with Gasteiger partial charge >= 0.3 is 0 Å². The number of allylic oxidation sites excluding steroid dienone is 1. The molecule has 0 spiro atoms. The van der Waals surface area contributed by atoms with Crippen LogP contribution in [0.25, 0.3) is 0 Å². The largest absolute Gasteiger partial charge is 0.333 e. The molecule has 1 rings (SSSR count). The van der Waals surface area contributed by atoms with Crippen LogP contribution in [0, 0.1) is 0 Å². The molecule has 0 aliphatic carbocycles. The van der Waals surface area contributed by atoms with Gasteiger partial charge in [0.15, 0.2) is 5.78 Å². The fraction of sp³-hybridized carbons (Fsp3) is 0.231. The van der Waals surface area contributed by atoms with Gasteiger partial charge < -0.3 is 5.32 Å². The third-order valence-corrected chi connectivity index (χ3v) is 2.16. The van der Waals surface area contributed by atoms with Gasteiger partial charge in [0, 0.05) is 24.3 Å². The van der Waals surface area contributed by atoms with Crippen molar-refractivity contribution in [2.45, 2.75) is 20.3 Å². The van der Waals surface area contributed by atoms with E-state index in [0.29, 0.717) is 17.6 Å². The Morgan fingerprint density at radius 3 is 2.38 bits per heavy atom.